The highest BCUT2D eigenvalue weighted by Crippen LogP contribution is 2.32. The van der Waals surface area contributed by atoms with Crippen LogP contribution < -0.4 is 10.3 Å². The average molecular weight is 400 g/mol. The van der Waals surface area contributed by atoms with Crippen LogP contribution in [0.25, 0.3) is 10.9 Å². The molecule has 3 rings (SSSR count). The minimum atomic E-state index is -0.626. The van der Waals surface area contributed by atoms with Crippen LogP contribution in [0, 0.1) is 0 Å². The number of nitrogens with zero attached hydrogens (tertiary/aromatic N) is 1. The van der Waals surface area contributed by atoms with E-state index in [1.807, 2.05) is 0 Å². The molecule has 0 aliphatic carbocycles. The number of pyridine rings is 1. The van der Waals surface area contributed by atoms with Crippen molar-refractivity contribution in [3.8, 4) is 17.2 Å². The molecule has 0 amide bonds. The molecule has 0 aliphatic heterocycles. The maximum Gasteiger partial charge on any atom is 0.265 e. The van der Waals surface area contributed by atoms with Crippen LogP contribution in [0.2, 0.25) is 5.02 Å². The van der Waals surface area contributed by atoms with Crippen molar-refractivity contribution >= 4 is 34.1 Å². The third-order valence-electron chi connectivity index (χ3n) is 4.36. The minimum absolute atomic E-state index is 0.0197. The Labute approximate surface area is 165 Å². The minimum Gasteiger partial charge on any atom is -0.506 e. The first-order chi connectivity index (χ1) is 13.3. The Bertz CT molecular complexity index is 1150. The maximum absolute atomic E-state index is 12.6. The molecule has 6 nitrogen and oxygen atoms in total. The Balaban J connectivity index is 2.04. The van der Waals surface area contributed by atoms with Crippen molar-refractivity contribution in [2.45, 2.75) is 19.8 Å². The van der Waals surface area contributed by atoms with Gasteiger partial charge in [-0.05, 0) is 37.3 Å². The lowest BCUT2D eigenvalue weighted by Crippen LogP contribution is -2.25. The molecule has 0 spiro atoms. The number of ketones is 2. The van der Waals surface area contributed by atoms with Gasteiger partial charge in [-0.25, -0.2) is 0 Å². The van der Waals surface area contributed by atoms with Gasteiger partial charge in [-0.2, -0.15) is 0 Å². The van der Waals surface area contributed by atoms with Crippen molar-refractivity contribution in [2.75, 3.05) is 0 Å². The number of benzene rings is 2. The number of carbonyl (C=O) groups excluding carboxylic acids is 2. The number of aryl methyl sites for hydroxylation is 1. The molecule has 0 aliphatic rings. The lowest BCUT2D eigenvalue weighted by molar-refractivity contribution is -0.116. The summed E-state index contributed by atoms with van der Waals surface area (Å²) in [4.78, 5) is 36.1. The van der Waals surface area contributed by atoms with Gasteiger partial charge in [0.2, 0.25) is 0 Å². The molecule has 144 valence electrons. The van der Waals surface area contributed by atoms with E-state index in [0.717, 1.165) is 0 Å². The van der Waals surface area contributed by atoms with Gasteiger partial charge >= 0.3 is 0 Å². The molecule has 1 aromatic heterocycles. The van der Waals surface area contributed by atoms with E-state index in [0.29, 0.717) is 27.4 Å². The molecule has 0 unspecified atom stereocenters. The summed E-state index contributed by atoms with van der Waals surface area (Å²) >= 11 is 5.95. The van der Waals surface area contributed by atoms with Gasteiger partial charge in [-0.1, -0.05) is 17.7 Å². The molecule has 0 radical (unpaired) electrons. The molecule has 0 fully saturated rings. The number of fused-ring (bicyclic) bond motifs is 1. The number of aromatic hydroxyl groups is 1. The SMILES string of the molecule is CC(=O)CCC(=O)c1c(O)c2ccc(Oc3cccc(Cl)c3)cc2n(C)c1=O. The van der Waals surface area contributed by atoms with E-state index in [1.165, 1.54) is 18.5 Å². The number of rotatable bonds is 6. The zero-order valence-electron chi connectivity index (χ0n) is 15.4. The highest BCUT2D eigenvalue weighted by molar-refractivity contribution is 6.30. The average Bonchev–Trinajstić information content (AvgIpc) is 2.64. The fourth-order valence-electron chi connectivity index (χ4n) is 2.90. The topological polar surface area (TPSA) is 85.6 Å². The Morgan fingerprint density at radius 2 is 1.82 bits per heavy atom. The van der Waals surface area contributed by atoms with E-state index in [-0.39, 0.29) is 29.9 Å². The lowest BCUT2D eigenvalue weighted by Gasteiger charge is -2.13. The monoisotopic (exact) mass is 399 g/mol. The third-order valence-corrected chi connectivity index (χ3v) is 4.59. The quantitative estimate of drug-likeness (QED) is 0.626. The standard InChI is InChI=1S/C21H18ClNO5/c1-12(24)6-9-18(25)19-20(26)16-8-7-15(11-17(16)23(2)21(19)27)28-14-5-3-4-13(22)10-14/h3-5,7-8,10-11,26H,6,9H2,1-2H3. The van der Waals surface area contributed by atoms with Gasteiger partial charge in [0.05, 0.1) is 5.52 Å². The predicted molar refractivity (Wildman–Crippen MR) is 107 cm³/mol. The molecular weight excluding hydrogens is 382 g/mol. The van der Waals surface area contributed by atoms with Crippen LogP contribution in [0.1, 0.15) is 30.1 Å². The van der Waals surface area contributed by atoms with Crippen molar-refractivity contribution in [2.24, 2.45) is 7.05 Å². The summed E-state index contributed by atoms with van der Waals surface area (Å²) in [5.74, 6) is -0.138. The van der Waals surface area contributed by atoms with E-state index in [9.17, 15) is 19.5 Å². The van der Waals surface area contributed by atoms with E-state index in [2.05, 4.69) is 0 Å². The summed E-state index contributed by atoms with van der Waals surface area (Å²) in [7, 11) is 1.51. The van der Waals surface area contributed by atoms with Gasteiger partial charge < -0.3 is 19.2 Å². The smallest absolute Gasteiger partial charge is 0.265 e. The molecule has 1 heterocycles. The van der Waals surface area contributed by atoms with Crippen LogP contribution >= 0.6 is 11.6 Å². The van der Waals surface area contributed by atoms with Gasteiger partial charge in [0.25, 0.3) is 5.56 Å². The van der Waals surface area contributed by atoms with E-state index in [1.54, 1.807) is 42.5 Å². The summed E-state index contributed by atoms with van der Waals surface area (Å²) in [5.41, 5.74) is -0.525. The number of hydrogen-bond acceptors (Lipinski definition) is 5. The maximum atomic E-state index is 12.6. The van der Waals surface area contributed by atoms with Crippen molar-refractivity contribution < 1.29 is 19.4 Å². The first-order valence-electron chi connectivity index (χ1n) is 8.59. The fourth-order valence-corrected chi connectivity index (χ4v) is 3.08. The molecular formula is C21H18ClNO5. The number of hydrogen-bond donors (Lipinski definition) is 1. The summed E-state index contributed by atoms with van der Waals surface area (Å²) in [5, 5.41) is 11.4. The molecule has 1 N–H and O–H groups in total. The molecule has 7 heteroatoms. The lowest BCUT2D eigenvalue weighted by atomic mass is 10.0. The van der Waals surface area contributed by atoms with Crippen molar-refractivity contribution in [3.05, 3.63) is 63.4 Å². The normalized spacial score (nSPS) is 10.8. The second kappa shape index (κ2) is 7.86. The van der Waals surface area contributed by atoms with Crippen LogP contribution in [0.3, 0.4) is 0 Å². The molecule has 0 saturated heterocycles. The van der Waals surface area contributed by atoms with Crippen LogP contribution in [0.15, 0.2) is 47.3 Å². The highest BCUT2D eigenvalue weighted by atomic mass is 35.5. The van der Waals surface area contributed by atoms with Crippen molar-refractivity contribution in [1.82, 2.24) is 4.57 Å². The number of carbonyl (C=O) groups is 2. The Morgan fingerprint density at radius 3 is 2.50 bits per heavy atom. The zero-order valence-corrected chi connectivity index (χ0v) is 16.1. The van der Waals surface area contributed by atoms with Gasteiger partial charge in [0, 0.05) is 36.4 Å². The third kappa shape index (κ3) is 3.92. The summed E-state index contributed by atoms with van der Waals surface area (Å²) < 4.78 is 7.04. The van der Waals surface area contributed by atoms with Crippen molar-refractivity contribution in [1.29, 1.82) is 0 Å². The summed E-state index contributed by atoms with van der Waals surface area (Å²) in [6.45, 7) is 1.37. The molecule has 3 aromatic rings. The molecule has 28 heavy (non-hydrogen) atoms. The Kier molecular flexibility index (Phi) is 5.51. The predicted octanol–water partition coefficient (Wildman–Crippen LogP) is 4.24. The van der Waals surface area contributed by atoms with Crippen LogP contribution in [-0.2, 0) is 11.8 Å². The van der Waals surface area contributed by atoms with Crippen LogP contribution in [0.5, 0.6) is 17.2 Å². The van der Waals surface area contributed by atoms with E-state index >= 15 is 0 Å². The second-order valence-electron chi connectivity index (χ2n) is 6.45. The Morgan fingerprint density at radius 1 is 1.11 bits per heavy atom. The Hall–Kier alpha value is -3.12. The van der Waals surface area contributed by atoms with Crippen LogP contribution in [0.4, 0.5) is 0 Å². The highest BCUT2D eigenvalue weighted by Gasteiger charge is 2.21. The largest absolute Gasteiger partial charge is 0.506 e. The van der Waals surface area contributed by atoms with Crippen LogP contribution in [-0.4, -0.2) is 21.2 Å². The molecule has 0 saturated carbocycles. The number of halogens is 1. The first-order valence-corrected chi connectivity index (χ1v) is 8.97. The van der Waals surface area contributed by atoms with Gasteiger partial charge in [0.15, 0.2) is 5.78 Å². The molecule has 2 aromatic carbocycles. The van der Waals surface area contributed by atoms with Gasteiger partial charge in [-0.3, -0.25) is 9.59 Å². The van der Waals surface area contributed by atoms with Crippen molar-refractivity contribution in [3.63, 3.8) is 0 Å². The number of ether oxygens (including phenoxy) is 1. The summed E-state index contributed by atoms with van der Waals surface area (Å²) in [6.07, 6.45) is -0.106. The fraction of sp³-hybridized carbons (Fsp3) is 0.190. The first kappa shape index (κ1) is 19.6. The second-order valence-corrected chi connectivity index (χ2v) is 6.89. The van der Waals surface area contributed by atoms with Gasteiger partial charge in [-0.15, -0.1) is 0 Å². The van der Waals surface area contributed by atoms with Gasteiger partial charge in [0.1, 0.15) is 28.6 Å². The van der Waals surface area contributed by atoms with E-state index in [4.69, 9.17) is 16.3 Å². The molecule has 0 atom stereocenters. The number of aromatic nitrogens is 1. The number of Topliss-reactive ketones (excluding diaryl/α,β-unsaturated/α-hetero) is 2. The van der Waals surface area contributed by atoms with E-state index < -0.39 is 11.3 Å². The summed E-state index contributed by atoms with van der Waals surface area (Å²) in [6, 6.07) is 11.7. The zero-order chi connectivity index (χ0) is 20.4. The molecule has 0 bridgehead atoms.